The van der Waals surface area contributed by atoms with Crippen molar-refractivity contribution in [1.29, 1.82) is 0 Å². The molecule has 1 saturated carbocycles. The van der Waals surface area contributed by atoms with Crippen LogP contribution in [0.5, 0.6) is 5.75 Å². The Balaban J connectivity index is 2.06. The van der Waals surface area contributed by atoms with E-state index < -0.39 is 11.4 Å². The van der Waals surface area contributed by atoms with E-state index in [-0.39, 0.29) is 17.7 Å². The van der Waals surface area contributed by atoms with E-state index >= 15 is 0 Å². The highest BCUT2D eigenvalue weighted by molar-refractivity contribution is 5.85. The number of halogens is 1. The van der Waals surface area contributed by atoms with E-state index in [2.05, 4.69) is 5.32 Å². The number of carbonyl (C=O) groups excluding carboxylic acids is 1. The molecule has 0 bridgehead atoms. The van der Waals surface area contributed by atoms with E-state index in [4.69, 9.17) is 4.74 Å². The molecular weight excluding hydrogens is 261 g/mol. The van der Waals surface area contributed by atoms with Crippen LogP contribution >= 0.6 is 0 Å². The van der Waals surface area contributed by atoms with Crippen molar-refractivity contribution in [3.63, 3.8) is 0 Å². The summed E-state index contributed by atoms with van der Waals surface area (Å²) >= 11 is 0. The Morgan fingerprint density at radius 2 is 2.10 bits per heavy atom. The third kappa shape index (κ3) is 2.93. The van der Waals surface area contributed by atoms with E-state index in [0.29, 0.717) is 18.4 Å². The zero-order chi connectivity index (χ0) is 14.8. The first-order chi connectivity index (χ1) is 9.46. The molecule has 2 rings (SSSR count). The number of methoxy groups -OCH3 is 1. The number of amides is 1. The molecule has 1 amide bonds. The molecule has 4 nitrogen and oxygen atoms in total. The van der Waals surface area contributed by atoms with Crippen molar-refractivity contribution in [2.75, 3.05) is 7.11 Å². The second kappa shape index (κ2) is 5.79. The van der Waals surface area contributed by atoms with E-state index in [0.717, 1.165) is 12.8 Å². The van der Waals surface area contributed by atoms with Gasteiger partial charge in [-0.1, -0.05) is 6.07 Å². The Kier molecular flexibility index (Phi) is 4.28. The summed E-state index contributed by atoms with van der Waals surface area (Å²) < 4.78 is 18.5. The number of nitrogens with one attached hydrogen (secondary N) is 1. The molecule has 1 fully saturated rings. The Bertz CT molecular complexity index is 498. The summed E-state index contributed by atoms with van der Waals surface area (Å²) in [4.78, 5) is 12.1. The molecule has 20 heavy (non-hydrogen) atoms. The highest BCUT2D eigenvalue weighted by Crippen LogP contribution is 2.30. The quantitative estimate of drug-likeness (QED) is 0.890. The summed E-state index contributed by atoms with van der Waals surface area (Å²) in [6, 6.07) is 4.19. The lowest BCUT2D eigenvalue weighted by Crippen LogP contribution is -2.45. The van der Waals surface area contributed by atoms with Crippen LogP contribution in [0.3, 0.4) is 0 Å². The minimum Gasteiger partial charge on any atom is -0.494 e. The summed E-state index contributed by atoms with van der Waals surface area (Å²) in [5, 5.41) is 12.9. The van der Waals surface area contributed by atoms with Gasteiger partial charge in [-0.25, -0.2) is 4.39 Å². The minimum atomic E-state index is -1.26. The van der Waals surface area contributed by atoms with Gasteiger partial charge in [-0.2, -0.15) is 0 Å². The molecular formula is C15H20FNO3. The smallest absolute Gasteiger partial charge is 0.252 e. The zero-order valence-electron chi connectivity index (χ0n) is 11.8. The van der Waals surface area contributed by atoms with E-state index in [1.54, 1.807) is 13.0 Å². The molecule has 0 radical (unpaired) electrons. The predicted molar refractivity (Wildman–Crippen MR) is 72.9 cm³/mol. The Morgan fingerprint density at radius 3 is 2.65 bits per heavy atom. The maximum absolute atomic E-state index is 13.6. The highest BCUT2D eigenvalue weighted by Gasteiger charge is 2.39. The van der Waals surface area contributed by atoms with Gasteiger partial charge >= 0.3 is 0 Å². The normalized spacial score (nSPS) is 18.6. The van der Waals surface area contributed by atoms with Gasteiger partial charge in [-0.3, -0.25) is 4.79 Å². The average molecular weight is 281 g/mol. The molecule has 1 aromatic carbocycles. The molecule has 1 unspecified atom stereocenters. The predicted octanol–water partition coefficient (Wildman–Crippen LogP) is 2.32. The summed E-state index contributed by atoms with van der Waals surface area (Å²) in [6.07, 6.45) is 2.69. The standard InChI is InChI=1S/C15H20FNO3/c1-10(11-5-6-13(20-2)12(16)9-11)17-14(18)15(19)7-3-4-8-15/h5-6,9-10,19H,3-4,7-8H2,1-2H3,(H,17,18). The average Bonchev–Trinajstić information content (AvgIpc) is 2.87. The van der Waals surface area contributed by atoms with Crippen molar-refractivity contribution in [2.45, 2.75) is 44.2 Å². The molecule has 0 saturated heterocycles. The monoisotopic (exact) mass is 281 g/mol. The van der Waals surface area contributed by atoms with Crippen molar-refractivity contribution in [2.24, 2.45) is 0 Å². The van der Waals surface area contributed by atoms with Crippen LogP contribution < -0.4 is 10.1 Å². The third-order valence-corrected chi connectivity index (χ3v) is 3.88. The molecule has 0 aliphatic heterocycles. The van der Waals surface area contributed by atoms with Crippen molar-refractivity contribution in [3.8, 4) is 5.75 Å². The number of aliphatic hydroxyl groups is 1. The topological polar surface area (TPSA) is 58.6 Å². The summed E-state index contributed by atoms with van der Waals surface area (Å²) in [5.74, 6) is -0.675. The van der Waals surface area contributed by atoms with Gasteiger partial charge in [0.15, 0.2) is 11.6 Å². The van der Waals surface area contributed by atoms with Gasteiger partial charge in [0.1, 0.15) is 5.60 Å². The van der Waals surface area contributed by atoms with Crippen LogP contribution in [-0.2, 0) is 4.79 Å². The fourth-order valence-corrected chi connectivity index (χ4v) is 2.55. The first-order valence-electron chi connectivity index (χ1n) is 6.83. The first kappa shape index (κ1) is 14.8. The number of carbonyl (C=O) groups is 1. The summed E-state index contributed by atoms with van der Waals surface area (Å²) in [7, 11) is 1.40. The summed E-state index contributed by atoms with van der Waals surface area (Å²) in [6.45, 7) is 1.76. The molecule has 1 aliphatic carbocycles. The van der Waals surface area contributed by atoms with Crippen molar-refractivity contribution >= 4 is 5.91 Å². The molecule has 0 heterocycles. The molecule has 1 aromatic rings. The van der Waals surface area contributed by atoms with Crippen LogP contribution in [0.1, 0.15) is 44.2 Å². The minimum absolute atomic E-state index is 0.168. The highest BCUT2D eigenvalue weighted by atomic mass is 19.1. The molecule has 0 spiro atoms. The van der Waals surface area contributed by atoms with Crippen LogP contribution in [-0.4, -0.2) is 23.7 Å². The lowest BCUT2D eigenvalue weighted by atomic mass is 10.00. The van der Waals surface area contributed by atoms with E-state index in [9.17, 15) is 14.3 Å². The fraction of sp³-hybridized carbons (Fsp3) is 0.533. The number of rotatable bonds is 4. The van der Waals surface area contributed by atoms with Gasteiger partial charge in [0, 0.05) is 0 Å². The van der Waals surface area contributed by atoms with Crippen LogP contribution in [0, 0.1) is 5.82 Å². The maximum atomic E-state index is 13.6. The van der Waals surface area contributed by atoms with Crippen LogP contribution in [0.15, 0.2) is 18.2 Å². The first-order valence-corrected chi connectivity index (χ1v) is 6.83. The SMILES string of the molecule is COc1ccc(C(C)NC(=O)C2(O)CCCC2)cc1F. The van der Waals surface area contributed by atoms with Crippen molar-refractivity contribution in [1.82, 2.24) is 5.32 Å². The number of benzene rings is 1. The van der Waals surface area contributed by atoms with Gasteiger partial charge in [-0.05, 0) is 50.3 Å². The molecule has 2 N–H and O–H groups in total. The van der Waals surface area contributed by atoms with Crippen molar-refractivity contribution in [3.05, 3.63) is 29.6 Å². The molecule has 0 aromatic heterocycles. The second-order valence-corrected chi connectivity index (χ2v) is 5.33. The second-order valence-electron chi connectivity index (χ2n) is 5.33. The lowest BCUT2D eigenvalue weighted by Gasteiger charge is -2.24. The van der Waals surface area contributed by atoms with Gasteiger partial charge in [0.2, 0.25) is 0 Å². The molecule has 5 heteroatoms. The molecule has 110 valence electrons. The van der Waals surface area contributed by atoms with Gasteiger partial charge in [0.25, 0.3) is 5.91 Å². The summed E-state index contributed by atoms with van der Waals surface area (Å²) in [5.41, 5.74) is -0.627. The van der Waals surface area contributed by atoms with Crippen molar-refractivity contribution < 1.29 is 19.0 Å². The number of ether oxygens (including phenoxy) is 1. The largest absolute Gasteiger partial charge is 0.494 e. The molecule has 1 aliphatic rings. The fourth-order valence-electron chi connectivity index (χ4n) is 2.55. The van der Waals surface area contributed by atoms with E-state index in [1.807, 2.05) is 0 Å². The lowest BCUT2D eigenvalue weighted by molar-refractivity contribution is -0.139. The Labute approximate surface area is 117 Å². The van der Waals surface area contributed by atoms with Crippen LogP contribution in [0.4, 0.5) is 4.39 Å². The van der Waals surface area contributed by atoms with Gasteiger partial charge in [-0.15, -0.1) is 0 Å². The number of hydrogen-bond acceptors (Lipinski definition) is 3. The maximum Gasteiger partial charge on any atom is 0.252 e. The Hall–Kier alpha value is -1.62. The Morgan fingerprint density at radius 1 is 1.45 bits per heavy atom. The zero-order valence-corrected chi connectivity index (χ0v) is 11.8. The molecule has 1 atom stereocenters. The third-order valence-electron chi connectivity index (χ3n) is 3.88. The number of hydrogen-bond donors (Lipinski definition) is 2. The van der Waals surface area contributed by atoms with Crippen LogP contribution in [0.25, 0.3) is 0 Å². The van der Waals surface area contributed by atoms with E-state index in [1.165, 1.54) is 19.2 Å². The van der Waals surface area contributed by atoms with Gasteiger partial charge in [0.05, 0.1) is 13.2 Å². The van der Waals surface area contributed by atoms with Gasteiger partial charge < -0.3 is 15.2 Å². The van der Waals surface area contributed by atoms with Crippen LogP contribution in [0.2, 0.25) is 0 Å².